The van der Waals surface area contributed by atoms with Crippen LogP contribution in [-0.2, 0) is 0 Å². The molecular formula is C21H17F3N2O5. The van der Waals surface area contributed by atoms with Crippen molar-refractivity contribution < 1.29 is 37.0 Å². The highest BCUT2D eigenvalue weighted by atomic mass is 19.4. The van der Waals surface area contributed by atoms with Gasteiger partial charge in [-0.3, -0.25) is 9.59 Å². The maximum atomic E-state index is 12.4. The number of hydrogen-bond donors (Lipinski definition) is 3. The predicted octanol–water partition coefficient (Wildman–Crippen LogP) is 3.89. The van der Waals surface area contributed by atoms with Gasteiger partial charge in [0.2, 0.25) is 0 Å². The number of anilines is 1. The molecule has 2 aromatic carbocycles. The summed E-state index contributed by atoms with van der Waals surface area (Å²) in [6.07, 6.45) is -4.59. The van der Waals surface area contributed by atoms with Crippen LogP contribution in [0.1, 0.15) is 32.6 Å². The molecule has 0 aliphatic rings. The summed E-state index contributed by atoms with van der Waals surface area (Å²) in [7, 11) is 0. The van der Waals surface area contributed by atoms with Gasteiger partial charge in [-0.05, 0) is 48.0 Å². The molecule has 1 heterocycles. The maximum absolute atomic E-state index is 12.4. The van der Waals surface area contributed by atoms with Crippen LogP contribution in [0.15, 0.2) is 71.3 Å². The Morgan fingerprint density at radius 3 is 2.42 bits per heavy atom. The second-order valence-corrected chi connectivity index (χ2v) is 6.35. The fourth-order valence-electron chi connectivity index (χ4n) is 2.64. The SMILES string of the molecule is O=C(NCC(O)c1ccc(OC(F)(F)F)cc1)c1cccc(NC(=O)c2ccco2)c1. The van der Waals surface area contributed by atoms with Gasteiger partial charge in [-0.1, -0.05) is 18.2 Å². The second kappa shape index (κ2) is 9.35. The van der Waals surface area contributed by atoms with Crippen LogP contribution in [0, 0.1) is 0 Å². The van der Waals surface area contributed by atoms with E-state index in [2.05, 4.69) is 15.4 Å². The van der Waals surface area contributed by atoms with E-state index in [1.807, 2.05) is 0 Å². The molecule has 0 fully saturated rings. The van der Waals surface area contributed by atoms with Gasteiger partial charge < -0.3 is 24.9 Å². The van der Waals surface area contributed by atoms with E-state index in [-0.39, 0.29) is 17.9 Å². The molecule has 0 aliphatic heterocycles. The molecule has 0 aliphatic carbocycles. The third-order valence-electron chi connectivity index (χ3n) is 4.08. The third kappa shape index (κ3) is 6.34. The summed E-state index contributed by atoms with van der Waals surface area (Å²) >= 11 is 0. The average Bonchev–Trinajstić information content (AvgIpc) is 3.26. The van der Waals surface area contributed by atoms with Crippen molar-refractivity contribution in [1.29, 1.82) is 0 Å². The van der Waals surface area contributed by atoms with Gasteiger partial charge in [0.05, 0.1) is 12.4 Å². The van der Waals surface area contributed by atoms with Crippen molar-refractivity contribution in [1.82, 2.24) is 5.32 Å². The summed E-state index contributed by atoms with van der Waals surface area (Å²) < 4.78 is 45.4. The Bertz CT molecular complexity index is 1030. The normalized spacial score (nSPS) is 12.1. The number of ether oxygens (including phenoxy) is 1. The zero-order valence-corrected chi connectivity index (χ0v) is 15.8. The zero-order chi connectivity index (χ0) is 22.4. The summed E-state index contributed by atoms with van der Waals surface area (Å²) in [5.41, 5.74) is 0.905. The zero-order valence-electron chi connectivity index (χ0n) is 15.8. The molecule has 162 valence electrons. The number of nitrogens with one attached hydrogen (secondary N) is 2. The van der Waals surface area contributed by atoms with E-state index in [4.69, 9.17) is 4.42 Å². The molecule has 0 spiro atoms. The van der Waals surface area contributed by atoms with Crippen molar-refractivity contribution in [3.63, 3.8) is 0 Å². The number of aliphatic hydroxyl groups excluding tert-OH is 1. The standard InChI is InChI=1S/C21H17F3N2O5/c22-21(23,24)31-16-8-6-13(7-9-16)17(27)12-25-19(28)14-3-1-4-15(11-14)26-20(29)18-5-2-10-30-18/h1-11,17,27H,12H2,(H,25,28)(H,26,29). The van der Waals surface area contributed by atoms with Crippen LogP contribution in [0.3, 0.4) is 0 Å². The van der Waals surface area contributed by atoms with E-state index >= 15 is 0 Å². The van der Waals surface area contributed by atoms with E-state index in [1.54, 1.807) is 18.2 Å². The van der Waals surface area contributed by atoms with Crippen molar-refractivity contribution >= 4 is 17.5 Å². The first-order chi connectivity index (χ1) is 14.7. The fraction of sp³-hybridized carbons (Fsp3) is 0.143. The first kappa shape index (κ1) is 21.9. The molecule has 0 radical (unpaired) electrons. The molecule has 31 heavy (non-hydrogen) atoms. The lowest BCUT2D eigenvalue weighted by Crippen LogP contribution is -2.28. The number of hydrogen-bond acceptors (Lipinski definition) is 5. The number of carbonyl (C=O) groups excluding carboxylic acids is 2. The number of carbonyl (C=O) groups is 2. The van der Waals surface area contributed by atoms with Gasteiger partial charge in [0.15, 0.2) is 5.76 Å². The van der Waals surface area contributed by atoms with Crippen LogP contribution in [-0.4, -0.2) is 29.8 Å². The lowest BCUT2D eigenvalue weighted by atomic mass is 10.1. The Labute approximate surface area is 174 Å². The van der Waals surface area contributed by atoms with Gasteiger partial charge in [0.1, 0.15) is 5.75 Å². The molecule has 0 bridgehead atoms. The molecule has 0 saturated heterocycles. The molecular weight excluding hydrogens is 417 g/mol. The monoisotopic (exact) mass is 434 g/mol. The number of benzene rings is 2. The quantitative estimate of drug-likeness (QED) is 0.524. The van der Waals surface area contributed by atoms with Gasteiger partial charge in [-0.25, -0.2) is 0 Å². The molecule has 3 N–H and O–H groups in total. The predicted molar refractivity (Wildman–Crippen MR) is 104 cm³/mol. The van der Waals surface area contributed by atoms with Gasteiger partial charge in [0, 0.05) is 17.8 Å². The Balaban J connectivity index is 1.56. The molecule has 1 unspecified atom stereocenters. The highest BCUT2D eigenvalue weighted by Gasteiger charge is 2.31. The maximum Gasteiger partial charge on any atom is 0.573 e. The summed E-state index contributed by atoms with van der Waals surface area (Å²) in [5.74, 6) is -1.29. The topological polar surface area (TPSA) is 101 Å². The van der Waals surface area contributed by atoms with Crippen molar-refractivity contribution in [3.8, 4) is 5.75 Å². The minimum atomic E-state index is -4.81. The lowest BCUT2D eigenvalue weighted by Gasteiger charge is -2.14. The number of halogens is 3. The highest BCUT2D eigenvalue weighted by molar-refractivity contribution is 6.03. The summed E-state index contributed by atoms with van der Waals surface area (Å²) in [6.45, 7) is -0.179. The Hall–Kier alpha value is -3.79. The van der Waals surface area contributed by atoms with Crippen LogP contribution in [0.2, 0.25) is 0 Å². The van der Waals surface area contributed by atoms with E-state index in [1.165, 1.54) is 36.6 Å². The second-order valence-electron chi connectivity index (χ2n) is 6.35. The lowest BCUT2D eigenvalue weighted by molar-refractivity contribution is -0.274. The number of rotatable bonds is 7. The molecule has 2 amide bonds. The molecule has 1 atom stereocenters. The smallest absolute Gasteiger partial charge is 0.459 e. The number of furan rings is 1. The van der Waals surface area contributed by atoms with E-state index in [0.717, 1.165) is 12.1 Å². The third-order valence-corrected chi connectivity index (χ3v) is 4.08. The highest BCUT2D eigenvalue weighted by Crippen LogP contribution is 2.24. The Morgan fingerprint density at radius 2 is 1.77 bits per heavy atom. The molecule has 7 nitrogen and oxygen atoms in total. The van der Waals surface area contributed by atoms with Crippen LogP contribution in [0.4, 0.5) is 18.9 Å². The molecule has 1 aromatic heterocycles. The molecule has 10 heteroatoms. The average molecular weight is 434 g/mol. The van der Waals surface area contributed by atoms with Gasteiger partial charge in [0.25, 0.3) is 11.8 Å². The largest absolute Gasteiger partial charge is 0.573 e. The van der Waals surface area contributed by atoms with Crippen LogP contribution < -0.4 is 15.4 Å². The number of aliphatic hydroxyl groups is 1. The molecule has 0 saturated carbocycles. The Morgan fingerprint density at radius 1 is 1.03 bits per heavy atom. The van der Waals surface area contributed by atoms with Crippen molar-refractivity contribution in [2.45, 2.75) is 12.5 Å². The van der Waals surface area contributed by atoms with Crippen molar-refractivity contribution in [2.24, 2.45) is 0 Å². The molecule has 3 aromatic rings. The first-order valence-corrected chi connectivity index (χ1v) is 8.98. The van der Waals surface area contributed by atoms with Crippen molar-refractivity contribution in [2.75, 3.05) is 11.9 Å². The first-order valence-electron chi connectivity index (χ1n) is 8.98. The van der Waals surface area contributed by atoms with Gasteiger partial charge >= 0.3 is 6.36 Å². The summed E-state index contributed by atoms with van der Waals surface area (Å²) in [4.78, 5) is 24.4. The van der Waals surface area contributed by atoms with E-state index in [0.29, 0.717) is 11.3 Å². The van der Waals surface area contributed by atoms with Crippen LogP contribution >= 0.6 is 0 Å². The van der Waals surface area contributed by atoms with E-state index in [9.17, 15) is 27.9 Å². The molecule has 3 rings (SSSR count). The van der Waals surface area contributed by atoms with E-state index < -0.39 is 30.0 Å². The number of amides is 2. The fourth-order valence-corrected chi connectivity index (χ4v) is 2.64. The summed E-state index contributed by atoms with van der Waals surface area (Å²) in [5, 5.41) is 15.3. The van der Waals surface area contributed by atoms with Gasteiger partial charge in [-0.2, -0.15) is 0 Å². The van der Waals surface area contributed by atoms with Crippen LogP contribution in [0.5, 0.6) is 5.75 Å². The van der Waals surface area contributed by atoms with Crippen LogP contribution in [0.25, 0.3) is 0 Å². The summed E-state index contributed by atoms with van der Waals surface area (Å²) in [6, 6.07) is 13.9. The van der Waals surface area contributed by atoms with Gasteiger partial charge in [-0.15, -0.1) is 13.2 Å². The minimum Gasteiger partial charge on any atom is -0.459 e. The number of alkyl halides is 3. The minimum absolute atomic E-state index is 0.115. The Kier molecular flexibility index (Phi) is 6.61. The van der Waals surface area contributed by atoms with Crippen molar-refractivity contribution in [3.05, 3.63) is 83.8 Å².